The van der Waals surface area contributed by atoms with Gasteiger partial charge < -0.3 is 4.48 Å². The molecule has 1 aromatic carbocycles. The second-order valence-corrected chi connectivity index (χ2v) is 9.09. The van der Waals surface area contributed by atoms with Crippen molar-refractivity contribution in [1.29, 1.82) is 0 Å². The molecule has 0 aromatic heterocycles. The van der Waals surface area contributed by atoms with Gasteiger partial charge in [-0.05, 0) is 19.3 Å². The molecule has 0 heterocycles. The van der Waals surface area contributed by atoms with Gasteiger partial charge in [0.05, 0.1) is 19.6 Å². The molecule has 8 heteroatoms. The second-order valence-electron chi connectivity index (χ2n) is 7.18. The molecule has 0 unspecified atom stereocenters. The summed E-state index contributed by atoms with van der Waals surface area (Å²) in [6.07, 6.45) is 8.02. The van der Waals surface area contributed by atoms with Gasteiger partial charge in [0, 0.05) is 5.56 Å². The van der Waals surface area contributed by atoms with Crippen LogP contribution in [0.25, 0.3) is 0 Å². The Hall–Kier alpha value is -0.810. The van der Waals surface area contributed by atoms with E-state index in [1.54, 1.807) is 0 Å². The van der Waals surface area contributed by atoms with Gasteiger partial charge in [-0.2, -0.15) is 0 Å². The zero-order valence-corrected chi connectivity index (χ0v) is 17.5. The van der Waals surface area contributed by atoms with Gasteiger partial charge in [0.1, 0.15) is 6.54 Å². The molecule has 0 aliphatic rings. The fourth-order valence-corrected chi connectivity index (χ4v) is 3.02. The third kappa shape index (κ3) is 18.3. The third-order valence-electron chi connectivity index (χ3n) is 4.32. The van der Waals surface area contributed by atoms with Crippen LogP contribution < -0.4 is 0 Å². The Kier molecular flexibility index (Phi) is 9.80. The van der Waals surface area contributed by atoms with Crippen LogP contribution in [0.3, 0.4) is 0 Å². The molecule has 0 N–H and O–H groups in total. The average Bonchev–Trinajstić information content (AvgIpc) is 2.54. The van der Waals surface area contributed by atoms with E-state index in [1.165, 1.54) is 74.8 Å². The Balaban J connectivity index is 0.000000821. The van der Waals surface area contributed by atoms with E-state index < -0.39 is 7.81 Å². The van der Waals surface area contributed by atoms with Crippen LogP contribution >= 0.6 is 7.81 Å². The maximum atomic E-state index is 9.87. The molecule has 1 aromatic rings. The van der Waals surface area contributed by atoms with Crippen molar-refractivity contribution in [2.45, 2.75) is 65.8 Å². The number of benzene rings is 1. The molecule has 0 bridgehead atoms. The predicted molar refractivity (Wildman–Crippen MR) is 103 cm³/mol. The van der Waals surface area contributed by atoms with Crippen LogP contribution in [0.15, 0.2) is 30.3 Å². The van der Waals surface area contributed by atoms with E-state index in [-0.39, 0.29) is 0 Å². The van der Waals surface area contributed by atoms with Gasteiger partial charge in [-0.3, -0.25) is 0 Å². The minimum absolute atomic E-state index is 1.22. The van der Waals surface area contributed by atoms with Crippen molar-refractivity contribution in [3.8, 4) is 0 Å². The Bertz CT molecular complexity index is 482. The molecule has 0 saturated heterocycles. The number of nitrogens with zero attached hydrogens (tertiary/aromatic N) is 1. The van der Waals surface area contributed by atoms with Crippen LogP contribution in [0.2, 0.25) is 0 Å². The summed E-state index contributed by atoms with van der Waals surface area (Å²) in [5.41, 5.74) is 1.51. The summed E-state index contributed by atoms with van der Waals surface area (Å²) < 4.78 is 60.5. The third-order valence-corrected chi connectivity index (χ3v) is 4.32. The van der Waals surface area contributed by atoms with Gasteiger partial charge in [0.15, 0.2) is 0 Å². The first-order valence-electron chi connectivity index (χ1n) is 9.66. The topological polar surface area (TPSA) is 0 Å². The van der Waals surface area contributed by atoms with Gasteiger partial charge in [-0.15, -0.1) is 0 Å². The van der Waals surface area contributed by atoms with Crippen molar-refractivity contribution >= 4 is 7.81 Å². The van der Waals surface area contributed by atoms with E-state index in [1.807, 2.05) is 0 Å². The first-order valence-corrected chi connectivity index (χ1v) is 11.7. The van der Waals surface area contributed by atoms with Crippen LogP contribution in [-0.2, 0) is 6.54 Å². The molecule has 1 rings (SSSR count). The first-order chi connectivity index (χ1) is 12.2. The summed E-state index contributed by atoms with van der Waals surface area (Å²) in [6, 6.07) is 11.1. The Morgan fingerprint density at radius 2 is 1.00 bits per heavy atom. The molecule has 0 atom stereocenters. The molecule has 0 saturated carbocycles. The van der Waals surface area contributed by atoms with Crippen molar-refractivity contribution in [2.75, 3.05) is 19.6 Å². The molecule has 1 nitrogen and oxygen atoms in total. The number of hydrogen-bond acceptors (Lipinski definition) is 0. The van der Waals surface area contributed by atoms with Crippen molar-refractivity contribution in [3.05, 3.63) is 35.9 Å². The van der Waals surface area contributed by atoms with E-state index in [9.17, 15) is 25.2 Å². The molecule has 0 aliphatic carbocycles. The molecule has 0 radical (unpaired) electrons. The number of unbranched alkanes of at least 4 members (excludes halogenated alkanes) is 3. The molecular weight excluding hydrogens is 387 g/mol. The van der Waals surface area contributed by atoms with Gasteiger partial charge in [0.2, 0.25) is 0 Å². The van der Waals surface area contributed by atoms with Crippen LogP contribution in [-0.4, -0.2) is 24.1 Å². The van der Waals surface area contributed by atoms with Gasteiger partial charge >= 0.3 is 33.0 Å². The molecular formula is C19H34F6NP. The number of rotatable bonds is 11. The molecule has 0 amide bonds. The molecule has 162 valence electrons. The van der Waals surface area contributed by atoms with Crippen LogP contribution in [0, 0.1) is 0 Å². The number of quaternary nitrogens is 1. The number of halogens is 6. The maximum absolute atomic E-state index is 10.7. The zero-order valence-electron chi connectivity index (χ0n) is 16.6. The Labute approximate surface area is 159 Å². The summed E-state index contributed by atoms with van der Waals surface area (Å²) in [4.78, 5) is 0. The fourth-order valence-electron chi connectivity index (χ4n) is 3.02. The Morgan fingerprint density at radius 1 is 0.667 bits per heavy atom. The van der Waals surface area contributed by atoms with Crippen LogP contribution in [0.5, 0.6) is 0 Å². The molecule has 0 aliphatic heterocycles. The van der Waals surface area contributed by atoms with E-state index in [0.717, 1.165) is 0 Å². The van der Waals surface area contributed by atoms with Crippen molar-refractivity contribution in [1.82, 2.24) is 0 Å². The molecule has 27 heavy (non-hydrogen) atoms. The van der Waals surface area contributed by atoms with Crippen LogP contribution in [0.4, 0.5) is 25.2 Å². The van der Waals surface area contributed by atoms with E-state index in [4.69, 9.17) is 0 Å². The van der Waals surface area contributed by atoms with E-state index >= 15 is 0 Å². The summed E-state index contributed by atoms with van der Waals surface area (Å²) in [6.45, 7) is 12.2. The average molecular weight is 421 g/mol. The quantitative estimate of drug-likeness (QED) is 0.190. The summed E-state index contributed by atoms with van der Waals surface area (Å²) >= 11 is 0. The van der Waals surface area contributed by atoms with Crippen molar-refractivity contribution < 1.29 is 29.7 Å². The second kappa shape index (κ2) is 10.1. The predicted octanol–water partition coefficient (Wildman–Crippen LogP) is 8.79. The first kappa shape index (κ1) is 26.2. The Morgan fingerprint density at radius 3 is 1.30 bits per heavy atom. The van der Waals surface area contributed by atoms with Gasteiger partial charge in [-0.1, -0.05) is 70.4 Å². The van der Waals surface area contributed by atoms with Crippen LogP contribution in [0.1, 0.15) is 64.9 Å². The number of hydrogen-bond donors (Lipinski definition) is 0. The van der Waals surface area contributed by atoms with Gasteiger partial charge in [-0.25, -0.2) is 0 Å². The zero-order chi connectivity index (χ0) is 21.1. The van der Waals surface area contributed by atoms with E-state index in [0.29, 0.717) is 0 Å². The fraction of sp³-hybridized carbons (Fsp3) is 0.684. The SMILES string of the molecule is CCCC[N+](CCCC)(CCCC)Cc1ccccc1.F[P-](F)(F)(F)(F)F. The standard InChI is InChI=1S/C19H34N.F6P/c1-4-7-15-20(16-8-5-2,17-9-6-3)18-19-13-11-10-12-14-19;1-7(2,3,4,5)6/h10-14H,4-9,15-18H2,1-3H3;/q+1;-1. The summed E-state index contributed by atoms with van der Waals surface area (Å²) in [5.74, 6) is 0. The normalized spacial score (nSPS) is 14.7. The minimum atomic E-state index is -10.7. The molecule has 0 fully saturated rings. The van der Waals surface area contributed by atoms with Crippen molar-refractivity contribution in [2.24, 2.45) is 0 Å². The van der Waals surface area contributed by atoms with Crippen molar-refractivity contribution in [3.63, 3.8) is 0 Å². The summed E-state index contributed by atoms with van der Waals surface area (Å²) in [5, 5.41) is 0. The molecule has 0 spiro atoms. The van der Waals surface area contributed by atoms with Gasteiger partial charge in [0.25, 0.3) is 0 Å². The monoisotopic (exact) mass is 421 g/mol. The van der Waals surface area contributed by atoms with E-state index in [2.05, 4.69) is 51.1 Å². The summed E-state index contributed by atoms with van der Waals surface area (Å²) in [7, 11) is -10.7.